The SMILES string of the molecule is Cc1n[nH]c(C)c1S(=O)(=O)Nc1ccc(Nc2cccc3cccnc23)cc1. The zero-order chi connectivity index (χ0) is 19.7. The van der Waals surface area contributed by atoms with Gasteiger partial charge in [-0.15, -0.1) is 0 Å². The second-order valence-electron chi connectivity index (χ2n) is 6.45. The fourth-order valence-electron chi connectivity index (χ4n) is 3.12. The number of aromatic nitrogens is 3. The van der Waals surface area contributed by atoms with E-state index in [0.29, 0.717) is 17.1 Å². The van der Waals surface area contributed by atoms with E-state index in [0.717, 1.165) is 22.3 Å². The number of sulfonamides is 1. The molecule has 0 aliphatic heterocycles. The Bertz CT molecular complexity index is 1220. The summed E-state index contributed by atoms with van der Waals surface area (Å²) in [6, 6.07) is 16.9. The second kappa shape index (κ2) is 6.97. The molecule has 28 heavy (non-hydrogen) atoms. The largest absolute Gasteiger partial charge is 0.354 e. The van der Waals surface area contributed by atoms with Gasteiger partial charge in [-0.1, -0.05) is 18.2 Å². The van der Waals surface area contributed by atoms with E-state index in [4.69, 9.17) is 0 Å². The van der Waals surface area contributed by atoms with Gasteiger partial charge in [-0.2, -0.15) is 5.10 Å². The molecule has 8 heteroatoms. The Balaban J connectivity index is 1.56. The number of pyridine rings is 1. The number of nitrogens with one attached hydrogen (secondary N) is 3. The second-order valence-corrected chi connectivity index (χ2v) is 8.07. The van der Waals surface area contributed by atoms with E-state index in [2.05, 4.69) is 25.2 Å². The third kappa shape index (κ3) is 3.41. The summed E-state index contributed by atoms with van der Waals surface area (Å²) >= 11 is 0. The lowest BCUT2D eigenvalue weighted by Crippen LogP contribution is -2.14. The molecule has 0 bridgehead atoms. The molecule has 0 atom stereocenters. The Hall–Kier alpha value is -3.39. The number of hydrogen-bond donors (Lipinski definition) is 3. The van der Waals surface area contributed by atoms with E-state index in [1.165, 1.54) is 0 Å². The first-order chi connectivity index (χ1) is 13.4. The highest BCUT2D eigenvalue weighted by atomic mass is 32.2. The summed E-state index contributed by atoms with van der Waals surface area (Å²) in [7, 11) is -3.71. The van der Waals surface area contributed by atoms with Crippen LogP contribution in [0.15, 0.2) is 65.7 Å². The number of H-pyrrole nitrogens is 1. The smallest absolute Gasteiger partial charge is 0.265 e. The van der Waals surface area contributed by atoms with Gasteiger partial charge < -0.3 is 5.32 Å². The number of benzene rings is 2. The first-order valence-corrected chi connectivity index (χ1v) is 10.2. The van der Waals surface area contributed by atoms with Gasteiger partial charge in [-0.05, 0) is 50.2 Å². The van der Waals surface area contributed by atoms with E-state index in [1.54, 1.807) is 32.2 Å². The van der Waals surface area contributed by atoms with Crippen LogP contribution >= 0.6 is 0 Å². The summed E-state index contributed by atoms with van der Waals surface area (Å²) < 4.78 is 27.9. The van der Waals surface area contributed by atoms with Crippen molar-refractivity contribution in [2.24, 2.45) is 0 Å². The number of anilines is 3. The number of rotatable bonds is 5. The predicted octanol–water partition coefficient (Wildman–Crippen LogP) is 4.12. The summed E-state index contributed by atoms with van der Waals surface area (Å²) in [5, 5.41) is 11.0. The van der Waals surface area contributed by atoms with Crippen LogP contribution in [-0.4, -0.2) is 23.6 Å². The molecule has 0 spiro atoms. The molecule has 0 radical (unpaired) electrons. The number of aromatic amines is 1. The normalized spacial score (nSPS) is 11.5. The zero-order valence-electron chi connectivity index (χ0n) is 15.4. The van der Waals surface area contributed by atoms with Gasteiger partial charge >= 0.3 is 0 Å². The molecule has 7 nitrogen and oxygen atoms in total. The number of fused-ring (bicyclic) bond motifs is 1. The standard InChI is InChI=1S/C20H19N5O2S/c1-13-20(14(2)24-23-13)28(26,27)25-17-10-8-16(9-11-17)22-18-7-3-5-15-6-4-12-21-19(15)18/h3-12,22,25H,1-2H3,(H,23,24). The molecule has 2 aromatic carbocycles. The van der Waals surface area contributed by atoms with Crippen LogP contribution in [0.2, 0.25) is 0 Å². The molecule has 2 aromatic heterocycles. The molecule has 0 aliphatic rings. The number of aryl methyl sites for hydroxylation is 2. The van der Waals surface area contributed by atoms with Crippen molar-refractivity contribution in [2.75, 3.05) is 10.0 Å². The first kappa shape index (κ1) is 18.0. The van der Waals surface area contributed by atoms with E-state index < -0.39 is 10.0 Å². The molecule has 0 saturated heterocycles. The molecule has 0 amide bonds. The van der Waals surface area contributed by atoms with Crippen molar-refractivity contribution in [1.29, 1.82) is 0 Å². The molecule has 0 fully saturated rings. The minimum absolute atomic E-state index is 0.177. The van der Waals surface area contributed by atoms with Crippen LogP contribution in [0.3, 0.4) is 0 Å². The van der Waals surface area contributed by atoms with Gasteiger partial charge in [0, 0.05) is 23.0 Å². The monoisotopic (exact) mass is 393 g/mol. The average Bonchev–Trinajstić information content (AvgIpc) is 3.02. The topological polar surface area (TPSA) is 99.8 Å². The molecule has 0 unspecified atom stereocenters. The Morgan fingerprint density at radius 3 is 2.36 bits per heavy atom. The van der Waals surface area contributed by atoms with Crippen molar-refractivity contribution in [1.82, 2.24) is 15.2 Å². The molecular weight excluding hydrogens is 374 g/mol. The minimum Gasteiger partial charge on any atom is -0.354 e. The minimum atomic E-state index is -3.71. The molecule has 142 valence electrons. The fraction of sp³-hybridized carbons (Fsp3) is 0.100. The lowest BCUT2D eigenvalue weighted by molar-refractivity contribution is 0.600. The van der Waals surface area contributed by atoms with Crippen molar-refractivity contribution >= 4 is 38.0 Å². The average molecular weight is 393 g/mol. The van der Waals surface area contributed by atoms with Crippen LogP contribution in [0, 0.1) is 13.8 Å². The van der Waals surface area contributed by atoms with Crippen LogP contribution in [0.5, 0.6) is 0 Å². The Kier molecular flexibility index (Phi) is 4.48. The number of hydrogen-bond acceptors (Lipinski definition) is 5. The van der Waals surface area contributed by atoms with Crippen molar-refractivity contribution in [3.63, 3.8) is 0 Å². The highest BCUT2D eigenvalue weighted by Gasteiger charge is 2.22. The van der Waals surface area contributed by atoms with Gasteiger partial charge in [-0.3, -0.25) is 14.8 Å². The maximum atomic E-state index is 12.6. The highest BCUT2D eigenvalue weighted by molar-refractivity contribution is 7.92. The van der Waals surface area contributed by atoms with Gasteiger partial charge in [0.05, 0.1) is 22.6 Å². The van der Waals surface area contributed by atoms with Crippen LogP contribution in [0.4, 0.5) is 17.1 Å². The van der Waals surface area contributed by atoms with E-state index in [-0.39, 0.29) is 4.90 Å². The predicted molar refractivity (Wildman–Crippen MR) is 110 cm³/mol. The lowest BCUT2D eigenvalue weighted by Gasteiger charge is -2.11. The summed E-state index contributed by atoms with van der Waals surface area (Å²) in [6.45, 7) is 3.34. The van der Waals surface area contributed by atoms with Gasteiger partial charge in [0.2, 0.25) is 0 Å². The van der Waals surface area contributed by atoms with Crippen LogP contribution in [0.1, 0.15) is 11.4 Å². The molecule has 4 rings (SSSR count). The molecule has 4 aromatic rings. The molecule has 0 aliphatic carbocycles. The summed E-state index contributed by atoms with van der Waals surface area (Å²) in [5.41, 5.74) is 4.01. The number of para-hydroxylation sites is 1. The van der Waals surface area contributed by atoms with Crippen LogP contribution in [-0.2, 0) is 10.0 Å². The molecule has 2 heterocycles. The molecule has 0 saturated carbocycles. The van der Waals surface area contributed by atoms with Crippen LogP contribution < -0.4 is 10.0 Å². The summed E-state index contributed by atoms with van der Waals surface area (Å²) in [6.07, 6.45) is 1.76. The third-order valence-electron chi connectivity index (χ3n) is 4.38. The van der Waals surface area contributed by atoms with Crippen molar-refractivity contribution in [3.8, 4) is 0 Å². The zero-order valence-corrected chi connectivity index (χ0v) is 16.2. The maximum absolute atomic E-state index is 12.6. The fourth-order valence-corrected chi connectivity index (χ4v) is 4.56. The Morgan fingerprint density at radius 1 is 0.929 bits per heavy atom. The Morgan fingerprint density at radius 2 is 1.64 bits per heavy atom. The van der Waals surface area contributed by atoms with Crippen molar-refractivity contribution < 1.29 is 8.42 Å². The number of nitrogens with zero attached hydrogens (tertiary/aromatic N) is 2. The van der Waals surface area contributed by atoms with Crippen molar-refractivity contribution in [2.45, 2.75) is 18.7 Å². The highest BCUT2D eigenvalue weighted by Crippen LogP contribution is 2.26. The molecule has 3 N–H and O–H groups in total. The van der Waals surface area contributed by atoms with E-state index in [9.17, 15) is 8.42 Å². The van der Waals surface area contributed by atoms with Gasteiger partial charge in [-0.25, -0.2) is 8.42 Å². The van der Waals surface area contributed by atoms with Crippen molar-refractivity contribution in [3.05, 3.63) is 72.2 Å². The maximum Gasteiger partial charge on any atom is 0.265 e. The third-order valence-corrected chi connectivity index (χ3v) is 6.02. The van der Waals surface area contributed by atoms with Gasteiger partial charge in [0.1, 0.15) is 4.90 Å². The Labute approximate surface area is 162 Å². The summed E-state index contributed by atoms with van der Waals surface area (Å²) in [5.74, 6) is 0. The van der Waals surface area contributed by atoms with Gasteiger partial charge in [0.25, 0.3) is 10.0 Å². The quantitative estimate of drug-likeness (QED) is 0.474. The van der Waals surface area contributed by atoms with Gasteiger partial charge in [0.15, 0.2) is 0 Å². The van der Waals surface area contributed by atoms with Crippen LogP contribution in [0.25, 0.3) is 10.9 Å². The van der Waals surface area contributed by atoms with E-state index in [1.807, 2.05) is 42.5 Å². The summed E-state index contributed by atoms with van der Waals surface area (Å²) in [4.78, 5) is 4.60. The molecular formula is C20H19N5O2S. The van der Waals surface area contributed by atoms with E-state index >= 15 is 0 Å². The lowest BCUT2D eigenvalue weighted by atomic mass is 10.2. The first-order valence-electron chi connectivity index (χ1n) is 8.69.